The van der Waals surface area contributed by atoms with Crippen molar-refractivity contribution in [1.29, 1.82) is 0 Å². The van der Waals surface area contributed by atoms with E-state index in [0.717, 1.165) is 49.7 Å². The summed E-state index contributed by atoms with van der Waals surface area (Å²) >= 11 is 0. The second-order valence-corrected chi connectivity index (χ2v) is 5.88. The molecular weight excluding hydrogens is 433 g/mol. The van der Waals surface area contributed by atoms with Gasteiger partial charge in [0.05, 0.1) is 19.8 Å². The number of nitrogens with zero attached hydrogens (tertiary/aromatic N) is 2. The first-order chi connectivity index (χ1) is 11.7. The molecule has 2 rings (SSSR count). The van der Waals surface area contributed by atoms with Crippen molar-refractivity contribution in [3.05, 3.63) is 29.8 Å². The minimum absolute atomic E-state index is 0. The predicted octanol–water partition coefficient (Wildman–Crippen LogP) is 2.25. The predicted molar refractivity (Wildman–Crippen MR) is 111 cm³/mol. The fourth-order valence-electron chi connectivity index (χ4n) is 2.62. The quantitative estimate of drug-likeness (QED) is 0.268. The number of methoxy groups -OCH3 is 1. The normalized spacial score (nSPS) is 17.3. The van der Waals surface area contributed by atoms with Crippen molar-refractivity contribution in [3.63, 3.8) is 0 Å². The summed E-state index contributed by atoms with van der Waals surface area (Å²) in [6.07, 6.45) is 1.46. The average Bonchev–Trinajstić information content (AvgIpc) is 3.03. The van der Waals surface area contributed by atoms with Crippen molar-refractivity contribution in [2.24, 2.45) is 4.99 Å². The highest BCUT2D eigenvalue weighted by atomic mass is 127. The minimum atomic E-state index is -0.235. The van der Waals surface area contributed by atoms with Gasteiger partial charge in [-0.15, -0.1) is 24.0 Å². The molecule has 1 aliphatic heterocycles. The second-order valence-electron chi connectivity index (χ2n) is 5.88. The number of hydrogen-bond donors (Lipinski definition) is 2. The number of aliphatic hydroxyl groups is 1. The molecule has 0 saturated carbocycles. The number of ether oxygens (including phenoxy) is 2. The van der Waals surface area contributed by atoms with E-state index in [9.17, 15) is 5.11 Å². The Morgan fingerprint density at radius 3 is 2.72 bits per heavy atom. The van der Waals surface area contributed by atoms with Gasteiger partial charge in [0.2, 0.25) is 0 Å². The zero-order valence-electron chi connectivity index (χ0n) is 15.1. The van der Waals surface area contributed by atoms with Gasteiger partial charge in [0.15, 0.2) is 5.96 Å². The summed E-state index contributed by atoms with van der Waals surface area (Å²) in [5.74, 6) is 1.75. The van der Waals surface area contributed by atoms with Gasteiger partial charge < -0.3 is 24.8 Å². The second kappa shape index (κ2) is 12.3. The van der Waals surface area contributed by atoms with Gasteiger partial charge in [0, 0.05) is 32.8 Å². The molecule has 25 heavy (non-hydrogen) atoms. The third-order valence-corrected chi connectivity index (χ3v) is 3.93. The summed E-state index contributed by atoms with van der Waals surface area (Å²) in [5.41, 5.74) is 1.14. The van der Waals surface area contributed by atoms with Crippen LogP contribution in [0.1, 0.15) is 25.3 Å². The summed E-state index contributed by atoms with van der Waals surface area (Å²) < 4.78 is 10.8. The van der Waals surface area contributed by atoms with Crippen LogP contribution < -0.4 is 10.1 Å². The van der Waals surface area contributed by atoms with Crippen LogP contribution in [0, 0.1) is 0 Å². The summed E-state index contributed by atoms with van der Waals surface area (Å²) in [4.78, 5) is 6.74. The Hall–Kier alpha value is -1.06. The Kier molecular flexibility index (Phi) is 10.8. The maximum absolute atomic E-state index is 9.65. The van der Waals surface area contributed by atoms with Crippen LogP contribution in [-0.4, -0.2) is 62.0 Å². The molecule has 1 aromatic rings. The molecule has 142 valence electrons. The van der Waals surface area contributed by atoms with Crippen LogP contribution in [0.2, 0.25) is 0 Å². The SMILES string of the molecule is CCNC(=NCCCOCc1ccc(OC)cc1)N1CC[C@@H](O)C1.I. The minimum Gasteiger partial charge on any atom is -0.497 e. The molecule has 0 spiro atoms. The van der Waals surface area contributed by atoms with E-state index in [1.54, 1.807) is 7.11 Å². The van der Waals surface area contributed by atoms with Crippen LogP contribution in [0.15, 0.2) is 29.3 Å². The Bertz CT molecular complexity index is 511. The summed E-state index contributed by atoms with van der Waals surface area (Å²) in [5, 5.41) is 12.9. The van der Waals surface area contributed by atoms with Crippen LogP contribution in [0.25, 0.3) is 0 Å². The van der Waals surface area contributed by atoms with Crippen LogP contribution in [0.4, 0.5) is 0 Å². The Morgan fingerprint density at radius 2 is 2.12 bits per heavy atom. The van der Waals surface area contributed by atoms with Gasteiger partial charge in [-0.25, -0.2) is 0 Å². The molecular formula is C18H30IN3O3. The molecule has 7 heteroatoms. The lowest BCUT2D eigenvalue weighted by atomic mass is 10.2. The molecule has 6 nitrogen and oxygen atoms in total. The molecule has 0 unspecified atom stereocenters. The molecule has 1 fully saturated rings. The lowest BCUT2D eigenvalue weighted by Gasteiger charge is -2.20. The number of nitrogens with one attached hydrogen (secondary N) is 1. The number of rotatable bonds is 8. The van der Waals surface area contributed by atoms with E-state index in [1.165, 1.54) is 0 Å². The van der Waals surface area contributed by atoms with Gasteiger partial charge in [0.25, 0.3) is 0 Å². The highest BCUT2D eigenvalue weighted by Gasteiger charge is 2.22. The third-order valence-electron chi connectivity index (χ3n) is 3.93. The molecule has 1 heterocycles. The number of aliphatic hydroxyl groups excluding tert-OH is 1. The van der Waals surface area contributed by atoms with E-state index in [2.05, 4.69) is 22.1 Å². The van der Waals surface area contributed by atoms with Crippen molar-refractivity contribution in [2.75, 3.05) is 39.9 Å². The van der Waals surface area contributed by atoms with E-state index in [1.807, 2.05) is 24.3 Å². The smallest absolute Gasteiger partial charge is 0.194 e. The molecule has 0 radical (unpaired) electrons. The van der Waals surface area contributed by atoms with Crippen molar-refractivity contribution in [1.82, 2.24) is 10.2 Å². The topological polar surface area (TPSA) is 66.3 Å². The molecule has 1 aromatic carbocycles. The van der Waals surface area contributed by atoms with Gasteiger partial charge >= 0.3 is 0 Å². The number of likely N-dealkylation sites (tertiary alicyclic amines) is 1. The first-order valence-corrected chi connectivity index (χ1v) is 8.65. The Labute approximate surface area is 167 Å². The molecule has 1 aliphatic rings. The zero-order valence-corrected chi connectivity index (χ0v) is 17.4. The number of aliphatic imine (C=N–C) groups is 1. The average molecular weight is 463 g/mol. The summed E-state index contributed by atoms with van der Waals surface area (Å²) in [7, 11) is 1.66. The van der Waals surface area contributed by atoms with Crippen LogP contribution >= 0.6 is 24.0 Å². The Balaban J connectivity index is 0.00000312. The first kappa shape index (κ1) is 22.0. The third kappa shape index (κ3) is 7.79. The first-order valence-electron chi connectivity index (χ1n) is 8.65. The van der Waals surface area contributed by atoms with Crippen LogP contribution in [0.5, 0.6) is 5.75 Å². The lowest BCUT2D eigenvalue weighted by molar-refractivity contribution is 0.120. The number of β-amino-alcohol motifs (C(OH)–C–C–N with tert-alkyl or cyclic N) is 1. The van der Waals surface area contributed by atoms with E-state index < -0.39 is 0 Å². The Morgan fingerprint density at radius 1 is 1.36 bits per heavy atom. The molecule has 1 saturated heterocycles. The van der Waals surface area contributed by atoms with E-state index in [4.69, 9.17) is 9.47 Å². The van der Waals surface area contributed by atoms with Gasteiger partial charge in [-0.2, -0.15) is 0 Å². The van der Waals surface area contributed by atoms with E-state index in [-0.39, 0.29) is 30.1 Å². The molecule has 0 aliphatic carbocycles. The summed E-state index contributed by atoms with van der Waals surface area (Å²) in [6, 6.07) is 7.91. The number of benzene rings is 1. The fourth-order valence-corrected chi connectivity index (χ4v) is 2.62. The van der Waals surface area contributed by atoms with E-state index in [0.29, 0.717) is 19.8 Å². The molecule has 0 aromatic heterocycles. The highest BCUT2D eigenvalue weighted by molar-refractivity contribution is 14.0. The monoisotopic (exact) mass is 463 g/mol. The molecule has 0 amide bonds. The number of halogens is 1. The zero-order chi connectivity index (χ0) is 17.2. The highest BCUT2D eigenvalue weighted by Crippen LogP contribution is 2.12. The maximum atomic E-state index is 9.65. The molecule has 1 atom stereocenters. The van der Waals surface area contributed by atoms with Gasteiger partial charge in [-0.05, 0) is 37.5 Å². The van der Waals surface area contributed by atoms with Gasteiger partial charge in [0.1, 0.15) is 5.75 Å². The van der Waals surface area contributed by atoms with Crippen molar-refractivity contribution >= 4 is 29.9 Å². The standard InChI is InChI=1S/C18H29N3O3.HI/c1-3-19-18(21-11-9-16(22)13-21)20-10-4-12-24-14-15-5-7-17(23-2)8-6-15;/h5-8,16,22H,3-4,9-14H2,1-2H3,(H,19,20);1H/t16-;/m1./s1. The number of guanidine groups is 1. The fraction of sp³-hybridized carbons (Fsp3) is 0.611. The van der Waals surface area contributed by atoms with Gasteiger partial charge in [-0.1, -0.05) is 12.1 Å². The van der Waals surface area contributed by atoms with Crippen LogP contribution in [0.3, 0.4) is 0 Å². The maximum Gasteiger partial charge on any atom is 0.194 e. The molecule has 0 bridgehead atoms. The lowest BCUT2D eigenvalue weighted by Crippen LogP contribution is -2.40. The summed E-state index contributed by atoms with van der Waals surface area (Å²) in [6.45, 7) is 6.42. The van der Waals surface area contributed by atoms with Crippen molar-refractivity contribution in [3.8, 4) is 5.75 Å². The van der Waals surface area contributed by atoms with Gasteiger partial charge in [-0.3, -0.25) is 4.99 Å². The van der Waals surface area contributed by atoms with Crippen molar-refractivity contribution < 1.29 is 14.6 Å². The van der Waals surface area contributed by atoms with Crippen LogP contribution in [-0.2, 0) is 11.3 Å². The van der Waals surface area contributed by atoms with Crippen molar-refractivity contribution in [2.45, 2.75) is 32.5 Å². The molecule has 2 N–H and O–H groups in total. The number of hydrogen-bond acceptors (Lipinski definition) is 4. The largest absolute Gasteiger partial charge is 0.497 e. The van der Waals surface area contributed by atoms with E-state index >= 15 is 0 Å².